The van der Waals surface area contributed by atoms with Crippen molar-refractivity contribution < 1.29 is 19.1 Å². The van der Waals surface area contributed by atoms with Gasteiger partial charge >= 0.3 is 0 Å². The minimum Gasteiger partial charge on any atom is -0.485 e. The Morgan fingerprint density at radius 1 is 0.844 bits per heavy atom. The molecule has 164 valence electrons. The number of para-hydroxylation sites is 2. The lowest BCUT2D eigenvalue weighted by atomic mass is 10.1. The Morgan fingerprint density at radius 2 is 1.53 bits per heavy atom. The second-order valence-electron chi connectivity index (χ2n) is 7.87. The minimum absolute atomic E-state index is 0.0860. The average Bonchev–Trinajstić information content (AvgIpc) is 2.86. The molecule has 1 atom stereocenters. The van der Waals surface area contributed by atoms with Gasteiger partial charge in [0.05, 0.1) is 5.75 Å². The predicted molar refractivity (Wildman–Crippen MR) is 124 cm³/mol. The third-order valence-electron chi connectivity index (χ3n) is 5.81. The molecule has 2 amide bonds. The second-order valence-corrected chi connectivity index (χ2v) is 8.92. The number of thioether (sulfide) groups is 1. The topological polar surface area (TPSA) is 59.1 Å². The van der Waals surface area contributed by atoms with Gasteiger partial charge in [-0.05, 0) is 35.0 Å². The van der Waals surface area contributed by atoms with Crippen LogP contribution in [-0.2, 0) is 9.59 Å². The molecular formula is C25H24N2O4S. The zero-order valence-corrected chi connectivity index (χ0v) is 18.4. The molecular weight excluding hydrogens is 424 g/mol. The van der Waals surface area contributed by atoms with Crippen molar-refractivity contribution in [1.82, 2.24) is 9.80 Å². The van der Waals surface area contributed by atoms with E-state index in [0.29, 0.717) is 43.4 Å². The van der Waals surface area contributed by atoms with Crippen LogP contribution in [0.2, 0.25) is 0 Å². The van der Waals surface area contributed by atoms with Crippen molar-refractivity contribution in [2.75, 3.05) is 38.5 Å². The van der Waals surface area contributed by atoms with Crippen LogP contribution in [0.1, 0.15) is 0 Å². The number of benzene rings is 3. The van der Waals surface area contributed by atoms with Crippen molar-refractivity contribution in [3.8, 4) is 11.5 Å². The first-order valence-corrected chi connectivity index (χ1v) is 11.7. The molecule has 6 nitrogen and oxygen atoms in total. The fourth-order valence-corrected chi connectivity index (χ4v) is 4.86. The summed E-state index contributed by atoms with van der Waals surface area (Å²) in [5.41, 5.74) is 0. The van der Waals surface area contributed by atoms with E-state index in [1.165, 1.54) is 10.8 Å². The van der Waals surface area contributed by atoms with E-state index in [-0.39, 0.29) is 18.4 Å². The van der Waals surface area contributed by atoms with Gasteiger partial charge in [-0.1, -0.05) is 42.5 Å². The van der Waals surface area contributed by atoms with Gasteiger partial charge in [0.15, 0.2) is 11.5 Å². The third-order valence-corrected chi connectivity index (χ3v) is 6.79. The molecule has 1 saturated heterocycles. The summed E-state index contributed by atoms with van der Waals surface area (Å²) in [5.74, 6) is 1.66. The van der Waals surface area contributed by atoms with Gasteiger partial charge in [-0.15, -0.1) is 11.8 Å². The number of carbonyl (C=O) groups excluding carboxylic acids is 2. The molecule has 5 rings (SSSR count). The van der Waals surface area contributed by atoms with Crippen LogP contribution in [0.3, 0.4) is 0 Å². The Balaban J connectivity index is 1.11. The fourth-order valence-electron chi connectivity index (χ4n) is 4.01. The van der Waals surface area contributed by atoms with Gasteiger partial charge in [0.25, 0.3) is 5.91 Å². The van der Waals surface area contributed by atoms with Crippen molar-refractivity contribution in [3.63, 3.8) is 0 Å². The molecule has 0 aliphatic carbocycles. The van der Waals surface area contributed by atoms with Crippen LogP contribution < -0.4 is 9.47 Å². The normalized spacial score (nSPS) is 17.9. The molecule has 0 radical (unpaired) electrons. The van der Waals surface area contributed by atoms with E-state index in [2.05, 4.69) is 30.3 Å². The third kappa shape index (κ3) is 4.39. The average molecular weight is 449 g/mol. The van der Waals surface area contributed by atoms with E-state index in [4.69, 9.17) is 9.47 Å². The van der Waals surface area contributed by atoms with Gasteiger partial charge < -0.3 is 19.3 Å². The first-order chi connectivity index (χ1) is 15.7. The number of piperazine rings is 1. The molecule has 0 unspecified atom stereocenters. The standard InChI is InChI=1S/C25H24N2O4S/c28-24(17-32-20-10-9-18-5-1-2-6-19(18)15-20)26-11-13-27(14-12-26)25(29)23-16-30-21-7-3-4-8-22(21)31-23/h1-10,15,23H,11-14,16-17H2/t23-/m0/s1. The highest BCUT2D eigenvalue weighted by molar-refractivity contribution is 8.00. The van der Waals surface area contributed by atoms with Crippen molar-refractivity contribution in [3.05, 3.63) is 66.7 Å². The van der Waals surface area contributed by atoms with Crippen LogP contribution in [0, 0.1) is 0 Å². The highest BCUT2D eigenvalue weighted by atomic mass is 32.2. The maximum absolute atomic E-state index is 12.9. The summed E-state index contributed by atoms with van der Waals surface area (Å²) in [4.78, 5) is 30.3. The summed E-state index contributed by atoms with van der Waals surface area (Å²) in [6, 6.07) is 21.8. The largest absolute Gasteiger partial charge is 0.485 e. The summed E-state index contributed by atoms with van der Waals surface area (Å²) in [7, 11) is 0. The van der Waals surface area contributed by atoms with Gasteiger partial charge in [-0.25, -0.2) is 0 Å². The SMILES string of the molecule is O=C(CSc1ccc2ccccc2c1)N1CCN(C(=O)[C@@H]2COc3ccccc3O2)CC1. The lowest BCUT2D eigenvalue weighted by Crippen LogP contribution is -2.55. The number of carbonyl (C=O) groups is 2. The molecule has 7 heteroatoms. The van der Waals surface area contributed by atoms with Gasteiger partial charge in [-0.2, -0.15) is 0 Å². The lowest BCUT2D eigenvalue weighted by Gasteiger charge is -2.37. The summed E-state index contributed by atoms with van der Waals surface area (Å²) in [6.45, 7) is 2.29. The van der Waals surface area contributed by atoms with Gasteiger partial charge in [-0.3, -0.25) is 9.59 Å². The number of hydrogen-bond donors (Lipinski definition) is 0. The predicted octanol–water partition coefficient (Wildman–Crippen LogP) is 3.44. The first kappa shape index (κ1) is 20.7. The van der Waals surface area contributed by atoms with E-state index in [0.717, 1.165) is 4.90 Å². The Labute approximate surface area is 191 Å². The van der Waals surface area contributed by atoms with Crippen LogP contribution in [0.15, 0.2) is 71.6 Å². The first-order valence-electron chi connectivity index (χ1n) is 10.7. The summed E-state index contributed by atoms with van der Waals surface area (Å²) < 4.78 is 11.5. The summed E-state index contributed by atoms with van der Waals surface area (Å²) in [6.07, 6.45) is -0.643. The molecule has 1 fully saturated rings. The molecule has 0 aromatic heterocycles. The van der Waals surface area contributed by atoms with Crippen LogP contribution in [0.25, 0.3) is 10.8 Å². The maximum atomic E-state index is 12.9. The molecule has 0 saturated carbocycles. The monoisotopic (exact) mass is 448 g/mol. The Morgan fingerprint density at radius 3 is 2.34 bits per heavy atom. The van der Waals surface area contributed by atoms with Crippen molar-refractivity contribution in [1.29, 1.82) is 0 Å². The fraction of sp³-hybridized carbons (Fsp3) is 0.280. The second kappa shape index (κ2) is 9.12. The van der Waals surface area contributed by atoms with E-state index in [9.17, 15) is 9.59 Å². The van der Waals surface area contributed by atoms with Crippen molar-refractivity contribution in [2.45, 2.75) is 11.0 Å². The maximum Gasteiger partial charge on any atom is 0.267 e. The van der Waals surface area contributed by atoms with E-state index >= 15 is 0 Å². The Bertz CT molecular complexity index is 1140. The molecule has 3 aromatic rings. The van der Waals surface area contributed by atoms with Gasteiger partial charge in [0, 0.05) is 31.1 Å². The number of fused-ring (bicyclic) bond motifs is 2. The van der Waals surface area contributed by atoms with E-state index < -0.39 is 6.10 Å². The number of hydrogen-bond acceptors (Lipinski definition) is 5. The van der Waals surface area contributed by atoms with E-state index in [1.807, 2.05) is 35.2 Å². The molecule has 0 spiro atoms. The zero-order chi connectivity index (χ0) is 21.9. The van der Waals surface area contributed by atoms with Crippen molar-refractivity contribution >= 4 is 34.3 Å². The highest BCUT2D eigenvalue weighted by Crippen LogP contribution is 2.31. The van der Waals surface area contributed by atoms with Crippen LogP contribution >= 0.6 is 11.8 Å². The van der Waals surface area contributed by atoms with Gasteiger partial charge in [0.2, 0.25) is 12.0 Å². The number of amides is 2. The quantitative estimate of drug-likeness (QED) is 0.573. The Kier molecular flexibility index (Phi) is 5.90. The van der Waals surface area contributed by atoms with Crippen LogP contribution in [0.5, 0.6) is 11.5 Å². The molecule has 0 N–H and O–H groups in total. The van der Waals surface area contributed by atoms with Gasteiger partial charge in [0.1, 0.15) is 6.61 Å². The molecule has 2 heterocycles. The minimum atomic E-state index is -0.643. The molecule has 2 aliphatic rings. The zero-order valence-electron chi connectivity index (χ0n) is 17.6. The summed E-state index contributed by atoms with van der Waals surface area (Å²) >= 11 is 1.55. The smallest absolute Gasteiger partial charge is 0.267 e. The lowest BCUT2D eigenvalue weighted by molar-refractivity contribution is -0.145. The number of ether oxygens (including phenoxy) is 2. The molecule has 32 heavy (non-hydrogen) atoms. The number of rotatable bonds is 4. The van der Waals surface area contributed by atoms with Crippen molar-refractivity contribution in [2.24, 2.45) is 0 Å². The highest BCUT2D eigenvalue weighted by Gasteiger charge is 2.33. The molecule has 0 bridgehead atoms. The van der Waals surface area contributed by atoms with Crippen LogP contribution in [-0.4, -0.2) is 66.3 Å². The molecule has 3 aromatic carbocycles. The molecule has 2 aliphatic heterocycles. The van der Waals surface area contributed by atoms with Crippen LogP contribution in [0.4, 0.5) is 0 Å². The number of nitrogens with zero attached hydrogens (tertiary/aromatic N) is 2. The Hall–Kier alpha value is -3.19. The summed E-state index contributed by atoms with van der Waals surface area (Å²) in [5, 5.41) is 2.37. The van der Waals surface area contributed by atoms with E-state index in [1.54, 1.807) is 22.7 Å².